The van der Waals surface area contributed by atoms with Crippen molar-refractivity contribution in [2.75, 3.05) is 13.1 Å². The Hall–Kier alpha value is -3.51. The monoisotopic (exact) mass is 401 g/mol. The van der Waals surface area contributed by atoms with E-state index in [1.807, 2.05) is 49.4 Å². The quantitative estimate of drug-likeness (QED) is 0.518. The number of rotatable bonds is 4. The van der Waals surface area contributed by atoms with Crippen molar-refractivity contribution in [3.63, 3.8) is 0 Å². The Morgan fingerprint density at radius 3 is 2.23 bits per heavy atom. The fraction of sp³-hybridized carbons (Fsp3) is 0.208. The van der Waals surface area contributed by atoms with Gasteiger partial charge in [0.25, 0.3) is 11.6 Å². The lowest BCUT2D eigenvalue weighted by atomic mass is 9.92. The molecule has 0 aliphatic carbocycles. The van der Waals surface area contributed by atoms with Crippen LogP contribution in [0.25, 0.3) is 22.3 Å². The molecule has 4 rings (SSSR count). The van der Waals surface area contributed by atoms with Crippen molar-refractivity contribution in [3.05, 3.63) is 88.0 Å². The zero-order valence-electron chi connectivity index (χ0n) is 16.7. The number of carbonyl (C=O) groups excluding carboxylic acids is 1. The molecule has 3 aromatic rings. The highest BCUT2D eigenvalue weighted by Crippen LogP contribution is 2.34. The lowest BCUT2D eigenvalue weighted by Gasteiger charge is -2.18. The molecule has 30 heavy (non-hydrogen) atoms. The molecule has 0 radical (unpaired) electrons. The first kappa shape index (κ1) is 19.8. The van der Waals surface area contributed by atoms with Gasteiger partial charge in [0.15, 0.2) is 0 Å². The van der Waals surface area contributed by atoms with Crippen molar-refractivity contribution >= 4 is 11.6 Å². The zero-order valence-corrected chi connectivity index (χ0v) is 16.7. The molecule has 3 aromatic carbocycles. The summed E-state index contributed by atoms with van der Waals surface area (Å²) < 4.78 is 0. The van der Waals surface area contributed by atoms with Crippen LogP contribution >= 0.6 is 0 Å². The summed E-state index contributed by atoms with van der Waals surface area (Å²) >= 11 is 0. The third-order valence-corrected chi connectivity index (χ3v) is 5.53. The number of hydrogen-bond acceptors (Lipinski definition) is 4. The number of nitro groups is 1. The number of aryl methyl sites for hydroxylation is 1. The Balaban J connectivity index is 1.79. The molecular formula is C24H23N3O3. The second-order valence-corrected chi connectivity index (χ2v) is 7.73. The van der Waals surface area contributed by atoms with Crippen LogP contribution in [0.15, 0.2) is 66.7 Å². The maximum absolute atomic E-state index is 13.0. The molecule has 2 N–H and O–H groups in total. The lowest BCUT2D eigenvalue weighted by molar-refractivity contribution is -0.384. The third-order valence-electron chi connectivity index (χ3n) is 5.53. The van der Waals surface area contributed by atoms with E-state index in [-0.39, 0.29) is 17.6 Å². The molecule has 0 spiro atoms. The molecule has 1 aliphatic heterocycles. The van der Waals surface area contributed by atoms with Gasteiger partial charge in [0.2, 0.25) is 0 Å². The number of nitro benzene ring substituents is 1. The second-order valence-electron chi connectivity index (χ2n) is 7.73. The van der Waals surface area contributed by atoms with Crippen molar-refractivity contribution in [3.8, 4) is 22.3 Å². The molecule has 0 aromatic heterocycles. The number of amides is 1. The molecule has 0 unspecified atom stereocenters. The Morgan fingerprint density at radius 1 is 1.00 bits per heavy atom. The summed E-state index contributed by atoms with van der Waals surface area (Å²) in [7, 11) is 0. The third kappa shape index (κ3) is 3.95. The van der Waals surface area contributed by atoms with E-state index in [1.165, 1.54) is 12.1 Å². The number of benzene rings is 3. The minimum atomic E-state index is -0.415. The molecule has 0 bridgehead atoms. The van der Waals surface area contributed by atoms with Crippen molar-refractivity contribution < 1.29 is 9.72 Å². The van der Waals surface area contributed by atoms with E-state index in [2.05, 4.69) is 0 Å². The summed E-state index contributed by atoms with van der Waals surface area (Å²) in [6, 6.07) is 20.3. The van der Waals surface area contributed by atoms with E-state index >= 15 is 0 Å². The highest BCUT2D eigenvalue weighted by atomic mass is 16.6. The maximum atomic E-state index is 13.0. The molecule has 152 valence electrons. The Bertz CT molecular complexity index is 1090. The number of hydrogen-bond donors (Lipinski definition) is 1. The lowest BCUT2D eigenvalue weighted by Crippen LogP contribution is -2.31. The van der Waals surface area contributed by atoms with E-state index in [0.29, 0.717) is 18.7 Å². The summed E-state index contributed by atoms with van der Waals surface area (Å²) in [5.74, 6) is -0.0402. The molecule has 1 fully saturated rings. The molecule has 1 atom stereocenters. The van der Waals surface area contributed by atoms with Crippen LogP contribution in [0, 0.1) is 17.0 Å². The van der Waals surface area contributed by atoms with Crippen molar-refractivity contribution in [2.45, 2.75) is 19.4 Å². The Kier molecular flexibility index (Phi) is 5.33. The number of nitrogens with zero attached hydrogens (tertiary/aromatic N) is 2. The number of carbonyl (C=O) groups is 1. The second kappa shape index (κ2) is 8.08. The van der Waals surface area contributed by atoms with Gasteiger partial charge in [-0.3, -0.25) is 14.9 Å². The van der Waals surface area contributed by atoms with Gasteiger partial charge >= 0.3 is 0 Å². The predicted octanol–water partition coefficient (Wildman–Crippen LogP) is 4.41. The summed E-state index contributed by atoms with van der Waals surface area (Å²) in [6.07, 6.45) is 0.808. The molecule has 1 aliphatic rings. The van der Waals surface area contributed by atoms with Crippen LogP contribution in [0.2, 0.25) is 0 Å². The first-order valence-corrected chi connectivity index (χ1v) is 9.93. The van der Waals surface area contributed by atoms with Crippen LogP contribution < -0.4 is 5.73 Å². The molecular weight excluding hydrogens is 378 g/mol. The minimum absolute atomic E-state index is 0.0231. The largest absolute Gasteiger partial charge is 0.337 e. The Morgan fingerprint density at radius 2 is 1.63 bits per heavy atom. The molecule has 6 heteroatoms. The highest BCUT2D eigenvalue weighted by Gasteiger charge is 2.25. The van der Waals surface area contributed by atoms with E-state index < -0.39 is 4.92 Å². The predicted molar refractivity (Wildman–Crippen MR) is 117 cm³/mol. The smallest absolute Gasteiger partial charge is 0.269 e. The van der Waals surface area contributed by atoms with Gasteiger partial charge in [0.05, 0.1) is 4.92 Å². The molecule has 0 saturated carbocycles. The summed E-state index contributed by atoms with van der Waals surface area (Å²) in [5.41, 5.74) is 11.4. The molecule has 1 amide bonds. The van der Waals surface area contributed by atoms with Gasteiger partial charge in [-0.05, 0) is 59.9 Å². The molecule has 1 heterocycles. The highest BCUT2D eigenvalue weighted by molar-refractivity contribution is 5.98. The van der Waals surface area contributed by atoms with Gasteiger partial charge in [-0.25, -0.2) is 0 Å². The van der Waals surface area contributed by atoms with Gasteiger partial charge in [0.1, 0.15) is 0 Å². The van der Waals surface area contributed by atoms with Crippen molar-refractivity contribution in [1.82, 2.24) is 4.90 Å². The molecule has 6 nitrogen and oxygen atoms in total. The fourth-order valence-electron chi connectivity index (χ4n) is 3.82. The summed E-state index contributed by atoms with van der Waals surface area (Å²) in [4.78, 5) is 25.4. The van der Waals surface area contributed by atoms with Gasteiger partial charge in [0, 0.05) is 36.8 Å². The van der Waals surface area contributed by atoms with Gasteiger partial charge in [-0.15, -0.1) is 0 Å². The van der Waals surface area contributed by atoms with Crippen LogP contribution in [0.3, 0.4) is 0 Å². The van der Waals surface area contributed by atoms with E-state index in [0.717, 1.165) is 34.2 Å². The first-order valence-electron chi connectivity index (χ1n) is 9.93. The van der Waals surface area contributed by atoms with Crippen LogP contribution in [-0.4, -0.2) is 34.9 Å². The van der Waals surface area contributed by atoms with Crippen LogP contribution in [-0.2, 0) is 0 Å². The van der Waals surface area contributed by atoms with E-state index in [1.54, 1.807) is 17.0 Å². The first-order chi connectivity index (χ1) is 14.4. The van der Waals surface area contributed by atoms with Crippen LogP contribution in [0.4, 0.5) is 5.69 Å². The Labute approximate surface area is 175 Å². The zero-order chi connectivity index (χ0) is 21.3. The number of non-ortho nitro benzene ring substituents is 1. The van der Waals surface area contributed by atoms with Gasteiger partial charge in [-0.1, -0.05) is 35.9 Å². The van der Waals surface area contributed by atoms with Gasteiger partial charge in [-0.2, -0.15) is 0 Å². The van der Waals surface area contributed by atoms with E-state index in [9.17, 15) is 14.9 Å². The number of likely N-dealkylation sites (tertiary alicyclic amines) is 1. The fourth-order valence-corrected chi connectivity index (χ4v) is 3.82. The van der Waals surface area contributed by atoms with Crippen LogP contribution in [0.1, 0.15) is 22.3 Å². The van der Waals surface area contributed by atoms with Crippen molar-refractivity contribution in [1.29, 1.82) is 0 Å². The average Bonchev–Trinajstić information content (AvgIpc) is 3.20. The van der Waals surface area contributed by atoms with E-state index in [4.69, 9.17) is 5.73 Å². The summed E-state index contributed by atoms with van der Waals surface area (Å²) in [6.45, 7) is 3.25. The van der Waals surface area contributed by atoms with Crippen LogP contribution in [0.5, 0.6) is 0 Å². The molecule has 1 saturated heterocycles. The standard InChI is InChI=1S/C24H23N3O3/c1-16-2-4-17(5-3-16)22-11-8-19(24(28)26-13-12-20(25)15-26)14-23(22)18-6-9-21(10-7-18)27(29)30/h2-11,14,20H,12-13,15,25H2,1H3/t20-/m0/s1. The maximum Gasteiger partial charge on any atom is 0.269 e. The van der Waals surface area contributed by atoms with Crippen molar-refractivity contribution in [2.24, 2.45) is 5.73 Å². The minimum Gasteiger partial charge on any atom is -0.337 e. The SMILES string of the molecule is Cc1ccc(-c2ccc(C(=O)N3CC[C@H](N)C3)cc2-c2ccc([N+](=O)[O-])cc2)cc1. The number of nitrogens with two attached hydrogens (primary N) is 1. The van der Waals surface area contributed by atoms with Gasteiger partial charge < -0.3 is 10.6 Å². The summed E-state index contributed by atoms with van der Waals surface area (Å²) in [5, 5.41) is 11.0. The normalized spacial score (nSPS) is 15.9. The topological polar surface area (TPSA) is 89.5 Å². The average molecular weight is 401 g/mol.